The molecule has 3 N–H and O–H groups in total. The molecular weight excluding hydrogens is 288 g/mol. The van der Waals surface area contributed by atoms with Crippen molar-refractivity contribution in [1.82, 2.24) is 5.43 Å². The van der Waals surface area contributed by atoms with E-state index in [-0.39, 0.29) is 6.04 Å². The van der Waals surface area contributed by atoms with E-state index >= 15 is 0 Å². The van der Waals surface area contributed by atoms with Crippen LogP contribution in [0.5, 0.6) is 11.5 Å². The normalized spacial score (nSPS) is 12.0. The molecule has 0 bridgehead atoms. The highest BCUT2D eigenvalue weighted by Crippen LogP contribution is 2.18. The molecule has 0 heterocycles. The standard InChI is InChI=1S/C16H19ClN2O2/c1-20-15-6-2-4-12(9-15)8-14(19-18)11-21-16-7-3-5-13(17)10-16/h2-7,9-10,14,19H,8,11,18H2,1H3. The molecule has 0 fully saturated rings. The zero-order valence-corrected chi connectivity index (χ0v) is 12.6. The molecule has 5 heteroatoms. The van der Waals surface area contributed by atoms with Crippen LogP contribution in [-0.2, 0) is 6.42 Å². The summed E-state index contributed by atoms with van der Waals surface area (Å²) in [6, 6.07) is 15.2. The summed E-state index contributed by atoms with van der Waals surface area (Å²) in [7, 11) is 1.65. The zero-order chi connectivity index (χ0) is 15.1. The van der Waals surface area contributed by atoms with Crippen LogP contribution in [0, 0.1) is 0 Å². The van der Waals surface area contributed by atoms with Crippen molar-refractivity contribution in [2.75, 3.05) is 13.7 Å². The van der Waals surface area contributed by atoms with Gasteiger partial charge in [0.05, 0.1) is 13.2 Å². The first-order valence-electron chi connectivity index (χ1n) is 6.68. The van der Waals surface area contributed by atoms with Crippen LogP contribution in [-0.4, -0.2) is 19.8 Å². The maximum atomic E-state index is 5.92. The number of halogens is 1. The number of ether oxygens (including phenoxy) is 2. The van der Waals surface area contributed by atoms with E-state index in [1.165, 1.54) is 0 Å². The fraction of sp³-hybridized carbons (Fsp3) is 0.250. The molecule has 0 aliphatic rings. The monoisotopic (exact) mass is 306 g/mol. The molecule has 0 aromatic heterocycles. The van der Waals surface area contributed by atoms with Gasteiger partial charge in [0.25, 0.3) is 0 Å². The number of nitrogens with two attached hydrogens (primary N) is 1. The number of methoxy groups -OCH3 is 1. The van der Waals surface area contributed by atoms with E-state index in [4.69, 9.17) is 26.9 Å². The lowest BCUT2D eigenvalue weighted by atomic mass is 10.1. The summed E-state index contributed by atoms with van der Waals surface area (Å²) in [4.78, 5) is 0. The van der Waals surface area contributed by atoms with Gasteiger partial charge >= 0.3 is 0 Å². The molecule has 1 atom stereocenters. The Hall–Kier alpha value is -1.75. The van der Waals surface area contributed by atoms with Crippen LogP contribution in [0.25, 0.3) is 0 Å². The topological polar surface area (TPSA) is 56.5 Å². The summed E-state index contributed by atoms with van der Waals surface area (Å²) < 4.78 is 10.9. The second-order valence-electron chi connectivity index (χ2n) is 4.69. The summed E-state index contributed by atoms with van der Waals surface area (Å²) in [6.07, 6.45) is 0.744. The van der Waals surface area contributed by atoms with Gasteiger partial charge in [-0.15, -0.1) is 0 Å². The van der Waals surface area contributed by atoms with Crippen molar-refractivity contribution in [1.29, 1.82) is 0 Å². The molecule has 0 radical (unpaired) electrons. The third-order valence-electron chi connectivity index (χ3n) is 3.10. The van der Waals surface area contributed by atoms with Gasteiger partial charge in [-0.3, -0.25) is 11.3 Å². The highest BCUT2D eigenvalue weighted by atomic mass is 35.5. The van der Waals surface area contributed by atoms with Gasteiger partial charge in [-0.25, -0.2) is 0 Å². The Kier molecular flexibility index (Phi) is 5.87. The Morgan fingerprint density at radius 1 is 1.14 bits per heavy atom. The minimum Gasteiger partial charge on any atom is -0.497 e. The van der Waals surface area contributed by atoms with E-state index in [1.807, 2.05) is 42.5 Å². The lowest BCUT2D eigenvalue weighted by Crippen LogP contribution is -2.41. The van der Waals surface area contributed by atoms with Gasteiger partial charge in [-0.2, -0.15) is 0 Å². The van der Waals surface area contributed by atoms with Crippen LogP contribution in [0.3, 0.4) is 0 Å². The third-order valence-corrected chi connectivity index (χ3v) is 3.33. The van der Waals surface area contributed by atoms with E-state index in [2.05, 4.69) is 5.43 Å². The van der Waals surface area contributed by atoms with Crippen molar-refractivity contribution >= 4 is 11.6 Å². The molecule has 0 spiro atoms. The van der Waals surface area contributed by atoms with E-state index in [9.17, 15) is 0 Å². The molecule has 112 valence electrons. The van der Waals surface area contributed by atoms with Crippen LogP contribution in [0.4, 0.5) is 0 Å². The van der Waals surface area contributed by atoms with Gasteiger partial charge in [-0.05, 0) is 42.3 Å². The fourth-order valence-corrected chi connectivity index (χ4v) is 2.18. The lowest BCUT2D eigenvalue weighted by Gasteiger charge is -2.17. The maximum Gasteiger partial charge on any atom is 0.120 e. The lowest BCUT2D eigenvalue weighted by molar-refractivity contribution is 0.264. The van der Waals surface area contributed by atoms with Crippen LogP contribution in [0.1, 0.15) is 5.56 Å². The van der Waals surface area contributed by atoms with E-state index in [1.54, 1.807) is 13.2 Å². The first-order chi connectivity index (χ1) is 10.2. The predicted molar refractivity (Wildman–Crippen MR) is 84.8 cm³/mol. The Labute approximate surface area is 129 Å². The van der Waals surface area contributed by atoms with Gasteiger partial charge < -0.3 is 9.47 Å². The van der Waals surface area contributed by atoms with Gasteiger partial charge in [0.1, 0.15) is 18.1 Å². The molecule has 2 rings (SSSR count). The van der Waals surface area contributed by atoms with E-state index in [0.717, 1.165) is 23.5 Å². The second kappa shape index (κ2) is 7.88. The van der Waals surface area contributed by atoms with Crippen molar-refractivity contribution in [3.05, 3.63) is 59.1 Å². The Morgan fingerprint density at radius 2 is 1.90 bits per heavy atom. The average Bonchev–Trinajstić information content (AvgIpc) is 2.51. The van der Waals surface area contributed by atoms with Crippen LogP contribution in [0.2, 0.25) is 5.02 Å². The smallest absolute Gasteiger partial charge is 0.120 e. The highest BCUT2D eigenvalue weighted by Gasteiger charge is 2.09. The Balaban J connectivity index is 1.93. The molecule has 0 aliphatic carbocycles. The quantitative estimate of drug-likeness (QED) is 0.610. The molecular formula is C16H19ClN2O2. The van der Waals surface area contributed by atoms with Crippen molar-refractivity contribution in [2.45, 2.75) is 12.5 Å². The second-order valence-corrected chi connectivity index (χ2v) is 5.12. The molecule has 4 nitrogen and oxygen atoms in total. The van der Waals surface area contributed by atoms with Crippen molar-refractivity contribution in [3.8, 4) is 11.5 Å². The molecule has 2 aromatic rings. The van der Waals surface area contributed by atoms with Crippen LogP contribution < -0.4 is 20.7 Å². The van der Waals surface area contributed by atoms with Gasteiger partial charge in [0.2, 0.25) is 0 Å². The summed E-state index contributed by atoms with van der Waals surface area (Å²) >= 11 is 5.92. The highest BCUT2D eigenvalue weighted by molar-refractivity contribution is 6.30. The van der Waals surface area contributed by atoms with Crippen molar-refractivity contribution < 1.29 is 9.47 Å². The molecule has 0 saturated heterocycles. The molecule has 1 unspecified atom stereocenters. The summed E-state index contributed by atoms with van der Waals surface area (Å²) in [5.74, 6) is 7.16. The Bertz CT molecular complexity index is 578. The van der Waals surface area contributed by atoms with Gasteiger partial charge in [0, 0.05) is 5.02 Å². The number of hydrogen-bond acceptors (Lipinski definition) is 4. The summed E-state index contributed by atoms with van der Waals surface area (Å²) in [6.45, 7) is 0.452. The first-order valence-corrected chi connectivity index (χ1v) is 7.06. The largest absolute Gasteiger partial charge is 0.497 e. The van der Waals surface area contributed by atoms with Crippen molar-refractivity contribution in [3.63, 3.8) is 0 Å². The third kappa shape index (κ3) is 4.93. The summed E-state index contributed by atoms with van der Waals surface area (Å²) in [5, 5.41) is 0.651. The molecule has 21 heavy (non-hydrogen) atoms. The van der Waals surface area contributed by atoms with Crippen molar-refractivity contribution in [2.24, 2.45) is 5.84 Å². The minimum absolute atomic E-state index is 0.00362. The van der Waals surface area contributed by atoms with E-state index in [0.29, 0.717) is 11.6 Å². The first kappa shape index (κ1) is 15.6. The van der Waals surface area contributed by atoms with E-state index < -0.39 is 0 Å². The maximum absolute atomic E-state index is 5.92. The average molecular weight is 307 g/mol. The van der Waals surface area contributed by atoms with Crippen LogP contribution >= 0.6 is 11.6 Å². The van der Waals surface area contributed by atoms with Gasteiger partial charge in [-0.1, -0.05) is 29.8 Å². The fourth-order valence-electron chi connectivity index (χ4n) is 2.00. The number of nitrogens with one attached hydrogen (secondary N) is 1. The molecule has 0 saturated carbocycles. The number of hydrazine groups is 1. The van der Waals surface area contributed by atoms with Gasteiger partial charge in [0.15, 0.2) is 0 Å². The Morgan fingerprint density at radius 3 is 2.62 bits per heavy atom. The number of hydrogen-bond donors (Lipinski definition) is 2. The molecule has 0 aliphatic heterocycles. The number of rotatable bonds is 7. The summed E-state index contributed by atoms with van der Waals surface area (Å²) in [5.41, 5.74) is 3.91. The molecule has 2 aromatic carbocycles. The number of benzene rings is 2. The van der Waals surface area contributed by atoms with Crippen LogP contribution in [0.15, 0.2) is 48.5 Å². The SMILES string of the molecule is COc1cccc(CC(COc2cccc(Cl)c2)NN)c1. The zero-order valence-electron chi connectivity index (χ0n) is 11.9. The molecule has 0 amide bonds. The minimum atomic E-state index is -0.00362. The predicted octanol–water partition coefficient (Wildman–Crippen LogP) is 2.80.